The Morgan fingerprint density at radius 3 is 2.78 bits per heavy atom. The molecule has 2 aromatic rings. The monoisotopic (exact) mass is 310 g/mol. The lowest BCUT2D eigenvalue weighted by molar-refractivity contribution is 0.0691. The van der Waals surface area contributed by atoms with Gasteiger partial charge in [-0.05, 0) is 37.3 Å². The minimum atomic E-state index is -1.03. The number of aryl methyl sites for hydroxylation is 1. The van der Waals surface area contributed by atoms with E-state index in [4.69, 9.17) is 14.3 Å². The van der Waals surface area contributed by atoms with Crippen LogP contribution in [0.3, 0.4) is 0 Å². The third-order valence-corrected chi connectivity index (χ3v) is 2.83. The molecule has 1 heterocycles. The fourth-order valence-corrected chi connectivity index (χ4v) is 1.87. The van der Waals surface area contributed by atoms with Crippen LogP contribution in [0.5, 0.6) is 5.75 Å². The number of hydrogen-bond donors (Lipinski definition) is 1. The first-order chi connectivity index (χ1) is 8.56. The summed E-state index contributed by atoms with van der Waals surface area (Å²) >= 11 is 3.23. The largest absolute Gasteiger partial charge is 0.485 e. The van der Waals surface area contributed by atoms with Crippen LogP contribution < -0.4 is 4.74 Å². The minimum Gasteiger partial charge on any atom is -0.485 e. The van der Waals surface area contributed by atoms with Crippen LogP contribution in [-0.4, -0.2) is 11.1 Å². The molecule has 0 unspecified atom stereocenters. The molecule has 1 N–H and O–H groups in total. The smallest absolute Gasteiger partial charge is 0.339 e. The Bertz CT molecular complexity index is 574. The van der Waals surface area contributed by atoms with Gasteiger partial charge in [0.05, 0.1) is 0 Å². The predicted octanol–water partition coefficient (Wildman–Crippen LogP) is 3.63. The molecule has 0 saturated carbocycles. The summed E-state index contributed by atoms with van der Waals surface area (Å²) in [5.74, 6) is 0.747. The lowest BCUT2D eigenvalue weighted by atomic mass is 10.2. The van der Waals surface area contributed by atoms with E-state index < -0.39 is 5.97 Å². The number of carboxylic acids is 1. The molecule has 0 saturated heterocycles. The van der Waals surface area contributed by atoms with Crippen molar-refractivity contribution >= 4 is 21.9 Å². The maximum absolute atomic E-state index is 11.1. The zero-order valence-corrected chi connectivity index (χ0v) is 11.2. The maximum atomic E-state index is 11.1. The fraction of sp³-hybridized carbons (Fsp3) is 0.154. The maximum Gasteiger partial charge on any atom is 0.339 e. The van der Waals surface area contributed by atoms with Crippen LogP contribution in [-0.2, 0) is 6.61 Å². The van der Waals surface area contributed by atoms with Crippen LogP contribution in [0, 0.1) is 6.92 Å². The second kappa shape index (κ2) is 5.27. The first kappa shape index (κ1) is 12.7. The van der Waals surface area contributed by atoms with E-state index in [9.17, 15) is 4.79 Å². The molecule has 0 atom stereocenters. The van der Waals surface area contributed by atoms with E-state index in [1.54, 1.807) is 18.2 Å². The van der Waals surface area contributed by atoms with E-state index in [1.165, 1.54) is 6.07 Å². The second-order valence-electron chi connectivity index (χ2n) is 3.75. The van der Waals surface area contributed by atoms with Crippen LogP contribution in [0.2, 0.25) is 0 Å². The van der Waals surface area contributed by atoms with Crippen molar-refractivity contribution in [2.45, 2.75) is 13.5 Å². The molecule has 1 aromatic heterocycles. The van der Waals surface area contributed by atoms with Gasteiger partial charge in [-0.2, -0.15) is 0 Å². The van der Waals surface area contributed by atoms with E-state index >= 15 is 0 Å². The molecule has 0 radical (unpaired) electrons. The van der Waals surface area contributed by atoms with Crippen molar-refractivity contribution in [2.24, 2.45) is 0 Å². The molecule has 18 heavy (non-hydrogen) atoms. The van der Waals surface area contributed by atoms with Crippen LogP contribution in [0.4, 0.5) is 0 Å². The van der Waals surface area contributed by atoms with Gasteiger partial charge in [0.1, 0.15) is 29.4 Å². The van der Waals surface area contributed by atoms with Crippen molar-refractivity contribution < 1.29 is 19.1 Å². The SMILES string of the molecule is Cc1ccc(COc2ccc(Br)cc2C(=O)O)o1. The highest BCUT2D eigenvalue weighted by molar-refractivity contribution is 9.10. The lowest BCUT2D eigenvalue weighted by Gasteiger charge is -2.08. The number of rotatable bonds is 4. The molecule has 0 aliphatic carbocycles. The van der Waals surface area contributed by atoms with Gasteiger partial charge in [0.15, 0.2) is 0 Å². The predicted molar refractivity (Wildman–Crippen MR) is 68.9 cm³/mol. The number of furan rings is 1. The van der Waals surface area contributed by atoms with Crippen molar-refractivity contribution in [1.29, 1.82) is 0 Å². The van der Waals surface area contributed by atoms with Gasteiger partial charge in [-0.15, -0.1) is 0 Å². The average Bonchev–Trinajstić information content (AvgIpc) is 2.73. The minimum absolute atomic E-state index is 0.118. The Labute approximate surface area is 112 Å². The Kier molecular flexibility index (Phi) is 3.72. The van der Waals surface area contributed by atoms with Crippen molar-refractivity contribution in [2.75, 3.05) is 0 Å². The first-order valence-electron chi connectivity index (χ1n) is 5.27. The summed E-state index contributed by atoms with van der Waals surface area (Å²) in [7, 11) is 0. The molecule has 1 aromatic carbocycles. The van der Waals surface area contributed by atoms with Gasteiger partial charge in [-0.25, -0.2) is 4.79 Å². The number of aromatic carboxylic acids is 1. The normalized spacial score (nSPS) is 10.3. The molecular formula is C13H11BrO4. The van der Waals surface area contributed by atoms with Gasteiger partial charge in [-0.1, -0.05) is 15.9 Å². The van der Waals surface area contributed by atoms with Crippen LogP contribution in [0.1, 0.15) is 21.9 Å². The molecule has 94 valence electrons. The Balaban J connectivity index is 2.16. The average molecular weight is 311 g/mol. The van der Waals surface area contributed by atoms with E-state index in [1.807, 2.05) is 13.0 Å². The number of carboxylic acid groups (broad SMARTS) is 1. The molecule has 4 nitrogen and oxygen atoms in total. The summed E-state index contributed by atoms with van der Waals surface area (Å²) in [6, 6.07) is 8.48. The van der Waals surface area contributed by atoms with Gasteiger partial charge < -0.3 is 14.3 Å². The Morgan fingerprint density at radius 1 is 1.39 bits per heavy atom. The number of carbonyl (C=O) groups is 1. The topological polar surface area (TPSA) is 59.7 Å². The highest BCUT2D eigenvalue weighted by atomic mass is 79.9. The van der Waals surface area contributed by atoms with Crippen LogP contribution in [0.25, 0.3) is 0 Å². The number of hydrogen-bond acceptors (Lipinski definition) is 3. The summed E-state index contributed by atoms with van der Waals surface area (Å²) in [6.45, 7) is 2.04. The lowest BCUT2D eigenvalue weighted by Crippen LogP contribution is -2.03. The Hall–Kier alpha value is -1.75. The van der Waals surface area contributed by atoms with E-state index in [2.05, 4.69) is 15.9 Å². The summed E-state index contributed by atoms with van der Waals surface area (Å²) in [5, 5.41) is 9.07. The van der Waals surface area contributed by atoms with E-state index in [-0.39, 0.29) is 12.2 Å². The van der Waals surface area contributed by atoms with Crippen molar-refractivity contribution in [3.8, 4) is 5.75 Å². The number of benzene rings is 1. The van der Waals surface area contributed by atoms with E-state index in [0.717, 1.165) is 5.76 Å². The van der Waals surface area contributed by atoms with E-state index in [0.29, 0.717) is 16.0 Å². The summed E-state index contributed by atoms with van der Waals surface area (Å²) in [5.41, 5.74) is 0.118. The van der Waals surface area contributed by atoms with Gasteiger partial charge in [0.2, 0.25) is 0 Å². The third-order valence-electron chi connectivity index (χ3n) is 2.34. The third kappa shape index (κ3) is 2.92. The highest BCUT2D eigenvalue weighted by Gasteiger charge is 2.12. The first-order valence-corrected chi connectivity index (χ1v) is 6.06. The van der Waals surface area contributed by atoms with Crippen molar-refractivity contribution in [1.82, 2.24) is 0 Å². The fourth-order valence-electron chi connectivity index (χ4n) is 1.51. The summed E-state index contributed by atoms with van der Waals surface area (Å²) in [4.78, 5) is 11.1. The Morgan fingerprint density at radius 2 is 2.17 bits per heavy atom. The number of ether oxygens (including phenoxy) is 1. The molecule has 0 amide bonds. The molecule has 2 rings (SSSR count). The van der Waals surface area contributed by atoms with Gasteiger partial charge >= 0.3 is 5.97 Å². The second-order valence-corrected chi connectivity index (χ2v) is 4.66. The highest BCUT2D eigenvalue weighted by Crippen LogP contribution is 2.24. The van der Waals surface area contributed by atoms with Gasteiger partial charge in [0.25, 0.3) is 0 Å². The molecule has 0 fully saturated rings. The number of halogens is 1. The van der Waals surface area contributed by atoms with Crippen molar-refractivity contribution in [3.63, 3.8) is 0 Å². The van der Waals surface area contributed by atoms with Gasteiger partial charge in [0, 0.05) is 4.47 Å². The van der Waals surface area contributed by atoms with Crippen LogP contribution in [0.15, 0.2) is 39.2 Å². The van der Waals surface area contributed by atoms with Crippen molar-refractivity contribution in [3.05, 3.63) is 51.9 Å². The molecular weight excluding hydrogens is 300 g/mol. The van der Waals surface area contributed by atoms with Crippen LogP contribution >= 0.6 is 15.9 Å². The molecule has 0 spiro atoms. The summed E-state index contributed by atoms with van der Waals surface area (Å²) < 4.78 is 11.5. The standard InChI is InChI=1S/C13H11BrO4/c1-8-2-4-10(18-8)7-17-12-5-3-9(14)6-11(12)13(15)16/h2-6H,7H2,1H3,(H,15,16). The molecule has 0 bridgehead atoms. The quantitative estimate of drug-likeness (QED) is 0.936. The molecule has 0 aliphatic rings. The summed E-state index contributed by atoms with van der Waals surface area (Å²) in [6.07, 6.45) is 0. The zero-order chi connectivity index (χ0) is 13.1. The zero-order valence-electron chi connectivity index (χ0n) is 9.64. The van der Waals surface area contributed by atoms with Gasteiger partial charge in [-0.3, -0.25) is 0 Å². The molecule has 0 aliphatic heterocycles. The molecule has 5 heteroatoms.